The Morgan fingerprint density at radius 1 is 0.694 bits per heavy atom. The van der Waals surface area contributed by atoms with Gasteiger partial charge in [0.1, 0.15) is 0 Å². The molecule has 3 aromatic heterocycles. The van der Waals surface area contributed by atoms with Gasteiger partial charge in [0, 0.05) is 51.1 Å². The monoisotopic (exact) mass is 482 g/mol. The first-order valence-corrected chi connectivity index (χ1v) is 13.4. The van der Waals surface area contributed by atoms with Crippen molar-refractivity contribution >= 4 is 53.4 Å². The highest BCUT2D eigenvalue weighted by molar-refractivity contribution is 7.26. The summed E-state index contributed by atoms with van der Waals surface area (Å²) in [5.74, 6) is 0. The molecule has 0 atom stereocenters. The Kier molecular flexibility index (Phi) is 3.90. The predicted octanol–water partition coefficient (Wildman–Crippen LogP) is 8.99. The molecule has 0 radical (unpaired) electrons. The summed E-state index contributed by atoms with van der Waals surface area (Å²) in [4.78, 5) is 0. The highest BCUT2D eigenvalue weighted by Gasteiger charge is 2.28. The van der Waals surface area contributed by atoms with Crippen molar-refractivity contribution < 1.29 is 0 Å². The van der Waals surface area contributed by atoms with Gasteiger partial charge < -0.3 is 9.13 Å². The summed E-state index contributed by atoms with van der Waals surface area (Å²) < 4.78 is 7.68. The van der Waals surface area contributed by atoms with E-state index in [2.05, 4.69) is 110 Å². The fourth-order valence-corrected chi connectivity index (χ4v) is 7.69. The maximum Gasteiger partial charge on any atom is 0.0727 e. The number of rotatable bonds is 1. The van der Waals surface area contributed by atoms with E-state index in [1.807, 2.05) is 11.3 Å². The van der Waals surface area contributed by atoms with Crippen molar-refractivity contribution in [1.82, 2.24) is 9.13 Å². The van der Waals surface area contributed by atoms with Gasteiger partial charge in [-0.05, 0) is 79.4 Å². The van der Waals surface area contributed by atoms with Crippen LogP contribution in [0.3, 0.4) is 0 Å². The van der Waals surface area contributed by atoms with Gasteiger partial charge in [0.2, 0.25) is 0 Å². The van der Waals surface area contributed by atoms with Gasteiger partial charge in [-0.1, -0.05) is 42.0 Å². The van der Waals surface area contributed by atoms with Crippen molar-refractivity contribution in [2.45, 2.75) is 27.2 Å². The summed E-state index contributed by atoms with van der Waals surface area (Å²) in [5, 5.41) is 4.11. The molecule has 0 N–H and O–H groups in total. The van der Waals surface area contributed by atoms with E-state index in [0.29, 0.717) is 0 Å². The second-order valence-electron chi connectivity index (χ2n) is 10.6. The molecule has 0 spiro atoms. The van der Waals surface area contributed by atoms with Crippen LogP contribution in [0.5, 0.6) is 0 Å². The Morgan fingerprint density at radius 2 is 1.42 bits per heavy atom. The van der Waals surface area contributed by atoms with Crippen molar-refractivity contribution in [1.29, 1.82) is 0 Å². The molecule has 1 aliphatic carbocycles. The lowest BCUT2D eigenvalue weighted by Crippen LogP contribution is -1.96. The van der Waals surface area contributed by atoms with Crippen LogP contribution in [-0.4, -0.2) is 9.13 Å². The number of benzene rings is 4. The number of hydrogen-bond acceptors (Lipinski definition) is 1. The van der Waals surface area contributed by atoms with Crippen LogP contribution in [0.2, 0.25) is 0 Å². The molecule has 0 saturated carbocycles. The predicted molar refractivity (Wildman–Crippen MR) is 155 cm³/mol. The van der Waals surface area contributed by atoms with Gasteiger partial charge in [-0.2, -0.15) is 0 Å². The lowest BCUT2D eigenvalue weighted by atomic mass is 10.1. The van der Waals surface area contributed by atoms with E-state index in [0.717, 1.165) is 6.42 Å². The minimum atomic E-state index is 1.00. The third-order valence-electron chi connectivity index (χ3n) is 8.13. The van der Waals surface area contributed by atoms with Crippen LogP contribution >= 0.6 is 11.3 Å². The summed E-state index contributed by atoms with van der Waals surface area (Å²) >= 11 is 1.94. The largest absolute Gasteiger partial charge is 0.343 e. The molecule has 7 aromatic rings. The molecule has 174 valence electrons. The molecule has 0 saturated heterocycles. The van der Waals surface area contributed by atoms with Crippen molar-refractivity contribution in [2.24, 2.45) is 7.05 Å². The topological polar surface area (TPSA) is 9.86 Å². The average molecular weight is 483 g/mol. The molecular formula is C33H26N2S. The van der Waals surface area contributed by atoms with Crippen LogP contribution in [0.15, 0.2) is 72.8 Å². The zero-order chi connectivity index (χ0) is 24.3. The summed E-state index contributed by atoms with van der Waals surface area (Å²) in [7, 11) is 2.23. The SMILES string of the molecule is Cc1ccc(-n2c3cc4c(cc3c3sc5cc(C)ccc5c32)Cc2c-4n(C)c3cc(C)ccc23)cc1. The van der Waals surface area contributed by atoms with E-state index in [1.54, 1.807) is 0 Å². The Morgan fingerprint density at radius 3 is 2.22 bits per heavy atom. The minimum Gasteiger partial charge on any atom is -0.343 e. The highest BCUT2D eigenvalue weighted by atomic mass is 32.1. The lowest BCUT2D eigenvalue weighted by Gasteiger charge is -2.11. The van der Waals surface area contributed by atoms with E-state index in [4.69, 9.17) is 0 Å². The Hall–Kier alpha value is -3.82. The number of fused-ring (bicyclic) bond motifs is 10. The maximum atomic E-state index is 2.50. The third-order valence-corrected chi connectivity index (χ3v) is 9.30. The second kappa shape index (κ2) is 6.89. The van der Waals surface area contributed by atoms with E-state index in [1.165, 1.54) is 86.9 Å². The molecule has 0 amide bonds. The van der Waals surface area contributed by atoms with Crippen molar-refractivity contribution in [3.8, 4) is 16.9 Å². The molecule has 2 nitrogen and oxygen atoms in total. The van der Waals surface area contributed by atoms with Crippen LogP contribution in [0.25, 0.3) is 59.1 Å². The van der Waals surface area contributed by atoms with E-state index in [9.17, 15) is 0 Å². The highest BCUT2D eigenvalue weighted by Crippen LogP contribution is 2.48. The van der Waals surface area contributed by atoms with E-state index in [-0.39, 0.29) is 0 Å². The first-order chi connectivity index (χ1) is 17.5. The molecular weight excluding hydrogens is 456 g/mol. The fourth-order valence-electron chi connectivity index (χ4n) is 6.38. The van der Waals surface area contributed by atoms with Crippen molar-refractivity contribution in [2.75, 3.05) is 0 Å². The third kappa shape index (κ3) is 2.56. The molecule has 36 heavy (non-hydrogen) atoms. The van der Waals surface area contributed by atoms with Gasteiger partial charge in [0.05, 0.1) is 21.4 Å². The molecule has 0 aliphatic heterocycles. The Labute approximate surface area is 214 Å². The zero-order valence-electron chi connectivity index (χ0n) is 20.9. The molecule has 3 heteroatoms. The summed E-state index contributed by atoms with van der Waals surface area (Å²) in [5.41, 5.74) is 14.8. The molecule has 0 bridgehead atoms. The molecule has 1 aliphatic rings. The second-order valence-corrected chi connectivity index (χ2v) is 11.6. The molecule has 0 unspecified atom stereocenters. The smallest absolute Gasteiger partial charge is 0.0727 e. The van der Waals surface area contributed by atoms with Crippen LogP contribution in [0, 0.1) is 20.8 Å². The maximum absolute atomic E-state index is 2.50. The first-order valence-electron chi connectivity index (χ1n) is 12.6. The Bertz CT molecular complexity index is 2040. The van der Waals surface area contributed by atoms with Crippen LogP contribution in [0.1, 0.15) is 27.8 Å². The number of aromatic nitrogens is 2. The van der Waals surface area contributed by atoms with Crippen LogP contribution < -0.4 is 0 Å². The van der Waals surface area contributed by atoms with Gasteiger partial charge in [-0.3, -0.25) is 0 Å². The summed E-state index contributed by atoms with van der Waals surface area (Å²) in [6.07, 6.45) is 1.00. The van der Waals surface area contributed by atoms with Gasteiger partial charge in [0.25, 0.3) is 0 Å². The zero-order valence-corrected chi connectivity index (χ0v) is 21.8. The molecule has 8 rings (SSSR count). The molecule has 3 heterocycles. The van der Waals surface area contributed by atoms with E-state index < -0.39 is 0 Å². The quantitative estimate of drug-likeness (QED) is 0.221. The fraction of sp³-hybridized carbons (Fsp3) is 0.152. The molecule has 4 aromatic carbocycles. The number of hydrogen-bond donors (Lipinski definition) is 0. The van der Waals surface area contributed by atoms with Gasteiger partial charge >= 0.3 is 0 Å². The van der Waals surface area contributed by atoms with Crippen LogP contribution in [0.4, 0.5) is 0 Å². The number of thiophene rings is 1. The molecule has 0 fully saturated rings. The average Bonchev–Trinajstić information content (AvgIpc) is 3.56. The number of nitrogens with zero attached hydrogens (tertiary/aromatic N) is 2. The van der Waals surface area contributed by atoms with Gasteiger partial charge in [0.15, 0.2) is 0 Å². The van der Waals surface area contributed by atoms with Gasteiger partial charge in [-0.25, -0.2) is 0 Å². The van der Waals surface area contributed by atoms with E-state index >= 15 is 0 Å². The minimum absolute atomic E-state index is 1.00. The van der Waals surface area contributed by atoms with Crippen molar-refractivity contribution in [3.63, 3.8) is 0 Å². The normalized spacial score (nSPS) is 12.9. The first kappa shape index (κ1) is 20.4. The van der Waals surface area contributed by atoms with Crippen molar-refractivity contribution in [3.05, 3.63) is 101 Å². The lowest BCUT2D eigenvalue weighted by molar-refractivity contribution is 0.977. The summed E-state index contributed by atoms with van der Waals surface area (Å²) in [6, 6.07) is 27.7. The van der Waals surface area contributed by atoms with Gasteiger partial charge in [-0.15, -0.1) is 11.3 Å². The Balaban J connectivity index is 1.51. The standard InChI is InChI=1S/C33H26N2S/c1-18-5-9-22(10-6-18)35-29-17-25-21(15-26-23-11-7-19(2)13-28(23)34(4)31(25)26)16-27(29)33-32(35)24-12-8-20(3)14-30(24)36-33/h5-14,16-17H,15H2,1-4H3. The van der Waals surface area contributed by atoms with Crippen LogP contribution in [-0.2, 0) is 13.5 Å². The number of aryl methyl sites for hydroxylation is 4. The summed E-state index contributed by atoms with van der Waals surface area (Å²) in [6.45, 7) is 6.53.